The molecule has 2 rings (SSSR count). The Kier molecular flexibility index (Phi) is 3.54. The van der Waals surface area contributed by atoms with Crippen LogP contribution in [0.2, 0.25) is 0 Å². The van der Waals surface area contributed by atoms with E-state index in [-0.39, 0.29) is 0 Å². The van der Waals surface area contributed by atoms with Gasteiger partial charge in [0.2, 0.25) is 0 Å². The Morgan fingerprint density at radius 3 is 2.88 bits per heavy atom. The lowest BCUT2D eigenvalue weighted by Gasteiger charge is -2.07. The summed E-state index contributed by atoms with van der Waals surface area (Å²) >= 11 is 1.47. The number of aldehydes is 1. The number of nitrogens with zero attached hydrogens (tertiary/aromatic N) is 1. The van der Waals surface area contributed by atoms with E-state index in [9.17, 15) is 4.79 Å². The molecule has 0 bridgehead atoms. The Balaban J connectivity index is 2.33. The van der Waals surface area contributed by atoms with Gasteiger partial charge in [-0.3, -0.25) is 4.79 Å². The molecule has 17 heavy (non-hydrogen) atoms. The molecule has 3 nitrogen and oxygen atoms in total. The second-order valence-electron chi connectivity index (χ2n) is 3.61. The minimum atomic E-state index is 0.483. The fourth-order valence-electron chi connectivity index (χ4n) is 1.57. The molecule has 0 N–H and O–H groups in total. The highest BCUT2D eigenvalue weighted by atomic mass is 32.1. The molecular weight excluding hydrogens is 234 g/mol. The Bertz CT molecular complexity index is 534. The van der Waals surface area contributed by atoms with Gasteiger partial charge in [0.15, 0.2) is 6.29 Å². The summed E-state index contributed by atoms with van der Waals surface area (Å²) in [6.07, 6.45) is 0.765. The van der Waals surface area contributed by atoms with Crippen LogP contribution in [-0.4, -0.2) is 17.9 Å². The van der Waals surface area contributed by atoms with Gasteiger partial charge in [0.25, 0.3) is 0 Å². The normalized spacial score (nSPS) is 10.2. The number of carbonyl (C=O) groups excluding carboxylic acids is 1. The summed E-state index contributed by atoms with van der Waals surface area (Å²) < 4.78 is 5.48. The van der Waals surface area contributed by atoms with Crippen molar-refractivity contribution >= 4 is 17.6 Å². The highest BCUT2D eigenvalue weighted by molar-refractivity contribution is 7.13. The van der Waals surface area contributed by atoms with Gasteiger partial charge in [-0.2, -0.15) is 0 Å². The van der Waals surface area contributed by atoms with E-state index in [2.05, 4.69) is 4.98 Å². The average molecular weight is 247 g/mol. The number of benzene rings is 1. The summed E-state index contributed by atoms with van der Waals surface area (Å²) in [4.78, 5) is 14.8. The molecule has 1 aromatic carbocycles. The maximum absolute atomic E-state index is 10.6. The lowest BCUT2D eigenvalue weighted by atomic mass is 10.1. The molecule has 88 valence electrons. The molecule has 0 atom stereocenters. The van der Waals surface area contributed by atoms with Crippen LogP contribution in [0.15, 0.2) is 23.6 Å². The first-order chi connectivity index (χ1) is 8.24. The fourth-order valence-corrected chi connectivity index (χ4v) is 2.33. The third-order valence-corrected chi connectivity index (χ3v) is 3.27. The third-order valence-electron chi connectivity index (χ3n) is 2.36. The van der Waals surface area contributed by atoms with E-state index in [0.29, 0.717) is 12.3 Å². The minimum absolute atomic E-state index is 0.483. The van der Waals surface area contributed by atoms with Crippen LogP contribution in [0.4, 0.5) is 0 Å². The Hall–Kier alpha value is -1.68. The van der Waals surface area contributed by atoms with Gasteiger partial charge in [0.05, 0.1) is 6.61 Å². The van der Waals surface area contributed by atoms with Gasteiger partial charge in [-0.15, -0.1) is 11.3 Å². The van der Waals surface area contributed by atoms with Gasteiger partial charge in [-0.1, -0.05) is 0 Å². The Morgan fingerprint density at radius 2 is 2.29 bits per heavy atom. The molecule has 0 fully saturated rings. The molecule has 4 heteroatoms. The second kappa shape index (κ2) is 5.10. The van der Waals surface area contributed by atoms with Crippen molar-refractivity contribution in [3.63, 3.8) is 0 Å². The molecule has 0 amide bonds. The van der Waals surface area contributed by atoms with E-state index < -0.39 is 0 Å². The van der Waals surface area contributed by atoms with E-state index in [1.807, 2.05) is 32.0 Å². The van der Waals surface area contributed by atoms with Gasteiger partial charge in [-0.25, -0.2) is 4.98 Å². The van der Waals surface area contributed by atoms with Crippen molar-refractivity contribution in [3.05, 3.63) is 34.8 Å². The van der Waals surface area contributed by atoms with Gasteiger partial charge in [0.1, 0.15) is 16.5 Å². The maximum atomic E-state index is 10.6. The highest BCUT2D eigenvalue weighted by Crippen LogP contribution is 2.28. The van der Waals surface area contributed by atoms with E-state index >= 15 is 0 Å². The highest BCUT2D eigenvalue weighted by Gasteiger charge is 2.06. The Labute approximate surface area is 104 Å². The van der Waals surface area contributed by atoms with Gasteiger partial charge >= 0.3 is 0 Å². The monoisotopic (exact) mass is 247 g/mol. The fraction of sp³-hybridized carbons (Fsp3) is 0.231. The number of aromatic nitrogens is 1. The number of hydrogen-bond acceptors (Lipinski definition) is 4. The molecule has 0 aliphatic heterocycles. The number of rotatable bonds is 4. The van der Waals surface area contributed by atoms with Crippen molar-refractivity contribution in [2.45, 2.75) is 13.8 Å². The number of ether oxygens (including phenoxy) is 1. The summed E-state index contributed by atoms with van der Waals surface area (Å²) in [5, 5.41) is 2.62. The molecular formula is C13H13NO2S. The zero-order valence-corrected chi connectivity index (χ0v) is 10.6. The van der Waals surface area contributed by atoms with Crippen LogP contribution in [0.3, 0.4) is 0 Å². The van der Waals surface area contributed by atoms with Crippen molar-refractivity contribution < 1.29 is 9.53 Å². The zero-order chi connectivity index (χ0) is 12.3. The molecule has 1 aromatic heterocycles. The number of thiazole rings is 1. The standard InChI is InChI=1S/C13H13NO2S/c1-3-16-12-5-4-10(6-9(12)2)13-14-11(7-15)8-17-13/h4-8H,3H2,1-2H3. The first-order valence-electron chi connectivity index (χ1n) is 5.39. The smallest absolute Gasteiger partial charge is 0.169 e. The van der Waals surface area contributed by atoms with Crippen molar-refractivity contribution in [2.24, 2.45) is 0 Å². The van der Waals surface area contributed by atoms with Crippen LogP contribution in [-0.2, 0) is 0 Å². The molecule has 0 saturated carbocycles. The number of aryl methyl sites for hydroxylation is 1. The van der Waals surface area contributed by atoms with Crippen molar-refractivity contribution in [3.8, 4) is 16.3 Å². The van der Waals surface area contributed by atoms with E-state index in [1.54, 1.807) is 5.38 Å². The van der Waals surface area contributed by atoms with Crippen molar-refractivity contribution in [1.82, 2.24) is 4.98 Å². The first-order valence-corrected chi connectivity index (χ1v) is 6.27. The van der Waals surface area contributed by atoms with Crippen LogP contribution in [0.25, 0.3) is 10.6 Å². The number of hydrogen-bond donors (Lipinski definition) is 0. The summed E-state index contributed by atoms with van der Waals surface area (Å²) in [7, 11) is 0. The van der Waals surface area contributed by atoms with E-state index in [1.165, 1.54) is 11.3 Å². The third kappa shape index (κ3) is 2.53. The summed E-state index contributed by atoms with van der Waals surface area (Å²) in [5.74, 6) is 0.892. The molecule has 0 unspecified atom stereocenters. The van der Waals surface area contributed by atoms with Crippen LogP contribution < -0.4 is 4.74 Å². The summed E-state index contributed by atoms with van der Waals surface area (Å²) in [5.41, 5.74) is 2.58. The van der Waals surface area contributed by atoms with Gasteiger partial charge in [-0.05, 0) is 37.6 Å². The second-order valence-corrected chi connectivity index (χ2v) is 4.47. The molecule has 0 aliphatic carbocycles. The first kappa shape index (κ1) is 11.8. The summed E-state index contributed by atoms with van der Waals surface area (Å²) in [6, 6.07) is 5.93. The van der Waals surface area contributed by atoms with Crippen molar-refractivity contribution in [1.29, 1.82) is 0 Å². The maximum Gasteiger partial charge on any atom is 0.169 e. The molecule has 1 heterocycles. The predicted octanol–water partition coefficient (Wildman–Crippen LogP) is 3.33. The average Bonchev–Trinajstić information content (AvgIpc) is 2.80. The largest absolute Gasteiger partial charge is 0.494 e. The number of carbonyl (C=O) groups is 1. The Morgan fingerprint density at radius 1 is 1.47 bits per heavy atom. The van der Waals surface area contributed by atoms with Gasteiger partial charge < -0.3 is 4.74 Å². The minimum Gasteiger partial charge on any atom is -0.494 e. The lowest BCUT2D eigenvalue weighted by molar-refractivity contribution is 0.111. The molecule has 0 spiro atoms. The summed E-state index contributed by atoms with van der Waals surface area (Å²) in [6.45, 7) is 4.63. The van der Waals surface area contributed by atoms with Crippen LogP contribution in [0.1, 0.15) is 23.0 Å². The van der Waals surface area contributed by atoms with Crippen LogP contribution in [0.5, 0.6) is 5.75 Å². The lowest BCUT2D eigenvalue weighted by Crippen LogP contribution is -1.93. The molecule has 0 radical (unpaired) electrons. The molecule has 0 aliphatic rings. The zero-order valence-electron chi connectivity index (χ0n) is 9.77. The van der Waals surface area contributed by atoms with Crippen LogP contribution >= 0.6 is 11.3 Å². The SMILES string of the molecule is CCOc1ccc(-c2nc(C=O)cs2)cc1C. The van der Waals surface area contributed by atoms with Gasteiger partial charge in [0, 0.05) is 10.9 Å². The van der Waals surface area contributed by atoms with E-state index in [0.717, 1.165) is 28.2 Å². The topological polar surface area (TPSA) is 39.2 Å². The quantitative estimate of drug-likeness (QED) is 0.778. The predicted molar refractivity (Wildman–Crippen MR) is 68.8 cm³/mol. The van der Waals surface area contributed by atoms with Crippen molar-refractivity contribution in [2.75, 3.05) is 6.61 Å². The molecule has 2 aromatic rings. The van der Waals surface area contributed by atoms with Crippen LogP contribution in [0, 0.1) is 6.92 Å². The molecule has 0 saturated heterocycles. The van der Waals surface area contributed by atoms with E-state index in [4.69, 9.17) is 4.74 Å².